The maximum atomic E-state index is 12.5. The lowest BCUT2D eigenvalue weighted by molar-refractivity contribution is -0.385. The zero-order valence-electron chi connectivity index (χ0n) is 20.4. The van der Waals surface area contributed by atoms with Crippen molar-refractivity contribution in [3.63, 3.8) is 0 Å². The van der Waals surface area contributed by atoms with Gasteiger partial charge in [0.2, 0.25) is 16.0 Å². The number of nitrogens with one attached hydrogen (secondary N) is 3. The largest absolute Gasteiger partial charge is 0.368 e. The fourth-order valence-electron chi connectivity index (χ4n) is 3.44. The fourth-order valence-corrected chi connectivity index (χ4v) is 3.96. The van der Waals surface area contributed by atoms with Crippen molar-refractivity contribution < 1.29 is 18.1 Å². The smallest absolute Gasteiger partial charge is 0.287 e. The molecule has 0 saturated heterocycles. The summed E-state index contributed by atoms with van der Waals surface area (Å²) in [6.45, 7) is 1.19. The van der Waals surface area contributed by atoms with Gasteiger partial charge in [0.15, 0.2) is 0 Å². The molecule has 39 heavy (non-hydrogen) atoms. The van der Waals surface area contributed by atoms with Crippen LogP contribution >= 0.6 is 0 Å². The van der Waals surface area contributed by atoms with E-state index in [9.17, 15) is 23.3 Å². The minimum absolute atomic E-state index is 0.00691. The lowest BCUT2D eigenvalue weighted by Gasteiger charge is -2.09. The minimum atomic E-state index is -3.77. The van der Waals surface area contributed by atoms with Crippen molar-refractivity contribution in [3.8, 4) is 11.3 Å². The molecule has 200 valence electrons. The van der Waals surface area contributed by atoms with E-state index in [1.807, 2.05) is 0 Å². The predicted molar refractivity (Wildman–Crippen MR) is 144 cm³/mol. The van der Waals surface area contributed by atoms with E-state index >= 15 is 0 Å². The molecule has 5 N–H and O–H groups in total. The van der Waals surface area contributed by atoms with Gasteiger partial charge in [-0.25, -0.2) is 28.5 Å². The molecule has 0 fully saturated rings. The van der Waals surface area contributed by atoms with E-state index in [2.05, 4.69) is 30.9 Å². The van der Waals surface area contributed by atoms with Crippen molar-refractivity contribution in [1.29, 1.82) is 0 Å². The quantitative estimate of drug-likeness (QED) is 0.123. The zero-order chi connectivity index (χ0) is 27.8. The van der Waals surface area contributed by atoms with Crippen LogP contribution in [0.3, 0.4) is 0 Å². The number of anilines is 2. The fraction of sp³-hybridized carbons (Fsp3) is 0.120. The van der Waals surface area contributed by atoms with E-state index < -0.39 is 14.9 Å². The van der Waals surface area contributed by atoms with Gasteiger partial charge in [0.25, 0.3) is 11.6 Å². The van der Waals surface area contributed by atoms with Crippen molar-refractivity contribution >= 4 is 33.4 Å². The average Bonchev–Trinajstić information content (AvgIpc) is 2.94. The van der Waals surface area contributed by atoms with Crippen LogP contribution in [0, 0.1) is 10.1 Å². The van der Waals surface area contributed by atoms with Crippen molar-refractivity contribution in [1.82, 2.24) is 20.3 Å². The molecule has 0 spiro atoms. The molecule has 2 aromatic carbocycles. The lowest BCUT2D eigenvalue weighted by atomic mass is 10.1. The van der Waals surface area contributed by atoms with E-state index in [-0.39, 0.29) is 23.0 Å². The van der Waals surface area contributed by atoms with Crippen LogP contribution in [0.4, 0.5) is 17.5 Å². The third kappa shape index (κ3) is 7.53. The molecule has 0 aliphatic rings. The first kappa shape index (κ1) is 27.1. The molecule has 0 aliphatic heterocycles. The number of rotatable bonds is 11. The third-order valence-corrected chi connectivity index (χ3v) is 6.41. The molecule has 4 rings (SSSR count). The molecule has 4 aromatic rings. The molecule has 0 atom stereocenters. The highest BCUT2D eigenvalue weighted by atomic mass is 32.2. The number of carbonyl (C=O) groups excluding carboxylic acids is 1. The Labute approximate surface area is 223 Å². The molecule has 2 heterocycles. The Morgan fingerprint density at radius 2 is 1.64 bits per heavy atom. The van der Waals surface area contributed by atoms with Crippen molar-refractivity contribution in [2.24, 2.45) is 5.14 Å². The maximum absolute atomic E-state index is 12.5. The Morgan fingerprint density at radius 3 is 2.28 bits per heavy atom. The van der Waals surface area contributed by atoms with E-state index in [1.54, 1.807) is 48.7 Å². The second-order valence-electron chi connectivity index (χ2n) is 8.23. The summed E-state index contributed by atoms with van der Waals surface area (Å²) in [5, 5.41) is 24.7. The summed E-state index contributed by atoms with van der Waals surface area (Å²) in [4.78, 5) is 35.4. The number of nitro groups is 1. The maximum Gasteiger partial charge on any atom is 0.287 e. The number of amides is 1. The highest BCUT2D eigenvalue weighted by Gasteiger charge is 2.10. The van der Waals surface area contributed by atoms with Gasteiger partial charge in [-0.05, 0) is 42.0 Å². The van der Waals surface area contributed by atoms with Crippen LogP contribution < -0.4 is 21.1 Å². The van der Waals surface area contributed by atoms with Gasteiger partial charge in [0.1, 0.15) is 12.0 Å². The molecule has 0 radical (unpaired) electrons. The molecular formula is C25H24N8O5S. The summed E-state index contributed by atoms with van der Waals surface area (Å²) in [6.07, 6.45) is 2.81. The van der Waals surface area contributed by atoms with Crippen LogP contribution in [-0.4, -0.2) is 47.3 Å². The second-order valence-corrected chi connectivity index (χ2v) is 9.79. The van der Waals surface area contributed by atoms with Crippen LogP contribution in [0.1, 0.15) is 15.9 Å². The topological polar surface area (TPSA) is 195 Å². The summed E-state index contributed by atoms with van der Waals surface area (Å²) in [7, 11) is -3.77. The number of sulfonamides is 1. The van der Waals surface area contributed by atoms with Crippen LogP contribution in [0.2, 0.25) is 0 Å². The van der Waals surface area contributed by atoms with E-state index in [0.717, 1.165) is 11.1 Å². The van der Waals surface area contributed by atoms with Crippen molar-refractivity contribution in [3.05, 3.63) is 100 Å². The van der Waals surface area contributed by atoms with Crippen LogP contribution in [0.5, 0.6) is 0 Å². The monoisotopic (exact) mass is 548 g/mol. The molecule has 0 bridgehead atoms. The van der Waals surface area contributed by atoms with E-state index in [4.69, 9.17) is 5.14 Å². The average molecular weight is 549 g/mol. The molecule has 13 nitrogen and oxygen atoms in total. The normalized spacial score (nSPS) is 11.0. The number of nitrogens with zero attached hydrogens (tertiary/aromatic N) is 4. The Balaban J connectivity index is 1.28. The van der Waals surface area contributed by atoms with Gasteiger partial charge in [-0.3, -0.25) is 14.9 Å². The summed E-state index contributed by atoms with van der Waals surface area (Å²) >= 11 is 0. The standard InChI is InChI=1S/C25H24N8O5S/c26-39(37,38)21-8-1-17(2-9-21)15-31-24(34)19-5-3-18(4-6-19)22-11-12-28-25(32-22)29-14-13-27-23-10-7-20(16-30-23)33(35)36/h1-12,16H,13-15H2,(H,27,30)(H,31,34)(H2,26,37,38)(H,28,29,32). The molecule has 0 saturated carbocycles. The number of aromatic nitrogens is 3. The summed E-state index contributed by atoms with van der Waals surface area (Å²) in [5.41, 5.74) is 2.57. The first-order chi connectivity index (χ1) is 18.7. The Morgan fingerprint density at radius 1 is 0.923 bits per heavy atom. The van der Waals surface area contributed by atoms with E-state index in [0.29, 0.717) is 36.1 Å². The number of pyridine rings is 1. The van der Waals surface area contributed by atoms with E-state index in [1.165, 1.54) is 30.5 Å². The number of hydrogen-bond donors (Lipinski definition) is 4. The summed E-state index contributed by atoms with van der Waals surface area (Å²) < 4.78 is 22.7. The Hall–Kier alpha value is -4.95. The number of carbonyl (C=O) groups is 1. The first-order valence-electron chi connectivity index (χ1n) is 11.6. The second kappa shape index (κ2) is 12.1. The highest BCUT2D eigenvalue weighted by Crippen LogP contribution is 2.19. The Kier molecular flexibility index (Phi) is 8.38. The third-order valence-electron chi connectivity index (χ3n) is 5.48. The molecule has 14 heteroatoms. The van der Waals surface area contributed by atoms with Crippen LogP contribution in [0.25, 0.3) is 11.3 Å². The van der Waals surface area contributed by atoms with Crippen molar-refractivity contribution in [2.75, 3.05) is 23.7 Å². The zero-order valence-corrected chi connectivity index (χ0v) is 21.3. The number of hydrogen-bond acceptors (Lipinski definition) is 10. The Bertz CT molecular complexity index is 1560. The molecule has 2 aromatic heterocycles. The van der Waals surface area contributed by atoms with Gasteiger partial charge in [-0.2, -0.15) is 0 Å². The van der Waals surface area contributed by atoms with Gasteiger partial charge in [0.05, 0.1) is 15.5 Å². The minimum Gasteiger partial charge on any atom is -0.368 e. The number of primary sulfonamides is 1. The SMILES string of the molecule is NS(=O)(=O)c1ccc(CNC(=O)c2ccc(-c3ccnc(NCCNc4ccc([N+](=O)[O-])cn4)n3)cc2)cc1. The van der Waals surface area contributed by atoms with Gasteiger partial charge < -0.3 is 16.0 Å². The van der Waals surface area contributed by atoms with Crippen LogP contribution in [-0.2, 0) is 16.6 Å². The van der Waals surface area contributed by atoms with Gasteiger partial charge in [0, 0.05) is 43.0 Å². The van der Waals surface area contributed by atoms with Crippen molar-refractivity contribution in [2.45, 2.75) is 11.4 Å². The molecule has 1 amide bonds. The first-order valence-corrected chi connectivity index (χ1v) is 13.2. The number of benzene rings is 2. The predicted octanol–water partition coefficient (Wildman–Crippen LogP) is 2.55. The molecular weight excluding hydrogens is 524 g/mol. The number of nitrogens with two attached hydrogens (primary N) is 1. The highest BCUT2D eigenvalue weighted by molar-refractivity contribution is 7.89. The van der Waals surface area contributed by atoms with Crippen LogP contribution in [0.15, 0.2) is 84.0 Å². The molecule has 0 aliphatic carbocycles. The van der Waals surface area contributed by atoms with Gasteiger partial charge in [-0.1, -0.05) is 24.3 Å². The lowest BCUT2D eigenvalue weighted by Crippen LogP contribution is -2.22. The molecule has 0 unspecified atom stereocenters. The summed E-state index contributed by atoms with van der Waals surface area (Å²) in [5.74, 6) is 0.652. The van der Waals surface area contributed by atoms with Gasteiger partial charge >= 0.3 is 0 Å². The van der Waals surface area contributed by atoms with Gasteiger partial charge in [-0.15, -0.1) is 0 Å². The summed E-state index contributed by atoms with van der Waals surface area (Å²) in [6, 6.07) is 17.6.